The Kier molecular flexibility index (Phi) is 9.84. The Morgan fingerprint density at radius 3 is 2.48 bits per heavy atom. The number of nitrogens with one attached hydrogen (secondary N) is 3. The van der Waals surface area contributed by atoms with Crippen molar-refractivity contribution in [2.75, 3.05) is 36.8 Å². The summed E-state index contributed by atoms with van der Waals surface area (Å²) in [5.41, 5.74) is 0.949. The summed E-state index contributed by atoms with van der Waals surface area (Å²) in [7, 11) is 0. The number of likely N-dealkylation sites (N-methyl/N-ethyl adjacent to an activating group) is 1. The van der Waals surface area contributed by atoms with E-state index in [1.807, 2.05) is 30.9 Å². The maximum atomic E-state index is 12.8. The van der Waals surface area contributed by atoms with Crippen LogP contribution in [0.2, 0.25) is 0 Å². The van der Waals surface area contributed by atoms with Crippen molar-refractivity contribution in [1.82, 2.24) is 14.8 Å². The first-order chi connectivity index (χ1) is 15.9. The number of carbonyl (C=O) groups is 2. The molecule has 0 saturated heterocycles. The van der Waals surface area contributed by atoms with Crippen LogP contribution in [0.5, 0.6) is 0 Å². The molecule has 2 amide bonds. The minimum atomic E-state index is -0.504. The summed E-state index contributed by atoms with van der Waals surface area (Å²) >= 11 is 1.08. The highest BCUT2D eigenvalue weighted by molar-refractivity contribution is 7.07. The molecule has 0 saturated carbocycles. The Balaban J connectivity index is 2.32. The SMILES string of the molecule is CCNC(=O)C(C#N)=c1sc(=CNc2cccc(NC(=O)CN(CC)CC)c2)c(=O)n1CC. The zero-order valence-corrected chi connectivity index (χ0v) is 20.2. The van der Waals surface area contributed by atoms with Gasteiger partial charge in [-0.1, -0.05) is 19.9 Å². The second-order valence-corrected chi connectivity index (χ2v) is 8.08. The summed E-state index contributed by atoms with van der Waals surface area (Å²) in [6, 6.07) is 9.08. The molecule has 0 fully saturated rings. The molecule has 1 heterocycles. The molecule has 2 aromatic rings. The van der Waals surface area contributed by atoms with Crippen molar-refractivity contribution in [3.63, 3.8) is 0 Å². The van der Waals surface area contributed by atoms with E-state index >= 15 is 0 Å². The molecule has 0 bridgehead atoms. The molecule has 0 spiro atoms. The Bertz CT molecular complexity index is 1200. The molecule has 1 aromatic carbocycles. The maximum absolute atomic E-state index is 12.8. The Hall–Kier alpha value is -3.42. The van der Waals surface area contributed by atoms with Gasteiger partial charge in [-0.05, 0) is 45.1 Å². The van der Waals surface area contributed by atoms with E-state index in [0.717, 1.165) is 24.4 Å². The van der Waals surface area contributed by atoms with E-state index in [1.165, 1.54) is 4.57 Å². The van der Waals surface area contributed by atoms with Crippen molar-refractivity contribution in [1.29, 1.82) is 5.26 Å². The van der Waals surface area contributed by atoms with Crippen LogP contribution in [-0.2, 0) is 16.1 Å². The third-order valence-electron chi connectivity index (χ3n) is 4.89. The van der Waals surface area contributed by atoms with Crippen molar-refractivity contribution in [2.24, 2.45) is 0 Å². The number of nitrogens with zero attached hydrogens (tertiary/aromatic N) is 3. The zero-order valence-electron chi connectivity index (χ0n) is 19.4. The van der Waals surface area contributed by atoms with Crippen molar-refractivity contribution >= 4 is 46.3 Å². The Morgan fingerprint density at radius 1 is 1.18 bits per heavy atom. The summed E-state index contributed by atoms with van der Waals surface area (Å²) in [5, 5.41) is 18.0. The van der Waals surface area contributed by atoms with Crippen LogP contribution in [-0.4, -0.2) is 47.5 Å². The van der Waals surface area contributed by atoms with Crippen LogP contribution in [0.25, 0.3) is 11.8 Å². The summed E-state index contributed by atoms with van der Waals surface area (Å²) < 4.78 is 2.09. The second kappa shape index (κ2) is 12.6. The minimum absolute atomic E-state index is 0.0848. The van der Waals surface area contributed by atoms with Gasteiger partial charge < -0.3 is 16.0 Å². The second-order valence-electron chi connectivity index (χ2n) is 7.05. The number of amides is 2. The van der Waals surface area contributed by atoms with Crippen molar-refractivity contribution in [3.05, 3.63) is 43.8 Å². The van der Waals surface area contributed by atoms with Gasteiger partial charge in [0.2, 0.25) is 5.91 Å². The highest BCUT2D eigenvalue weighted by atomic mass is 32.1. The van der Waals surface area contributed by atoms with E-state index in [4.69, 9.17) is 0 Å². The summed E-state index contributed by atoms with van der Waals surface area (Å²) in [6.45, 7) is 10.2. The van der Waals surface area contributed by atoms with Gasteiger partial charge in [0.25, 0.3) is 11.5 Å². The molecule has 33 heavy (non-hydrogen) atoms. The van der Waals surface area contributed by atoms with E-state index < -0.39 is 5.91 Å². The number of aromatic nitrogens is 1. The fourth-order valence-corrected chi connectivity index (χ4v) is 4.21. The Morgan fingerprint density at radius 2 is 1.88 bits per heavy atom. The van der Waals surface area contributed by atoms with Gasteiger partial charge in [0.1, 0.15) is 15.3 Å². The first kappa shape index (κ1) is 25.8. The number of hydrogen-bond donors (Lipinski definition) is 3. The lowest BCUT2D eigenvalue weighted by molar-refractivity contribution is -0.117. The van der Waals surface area contributed by atoms with Crippen LogP contribution >= 0.6 is 11.3 Å². The summed E-state index contributed by atoms with van der Waals surface area (Å²) in [6.07, 6.45) is 1.55. The van der Waals surface area contributed by atoms with E-state index in [9.17, 15) is 19.6 Å². The lowest BCUT2D eigenvalue weighted by Gasteiger charge is -2.17. The molecule has 0 atom stereocenters. The number of anilines is 2. The van der Waals surface area contributed by atoms with E-state index in [1.54, 1.807) is 38.2 Å². The molecule has 0 radical (unpaired) electrons. The lowest BCUT2D eigenvalue weighted by Crippen LogP contribution is -2.34. The molecular formula is C23H30N6O3S. The number of carbonyl (C=O) groups excluding carboxylic acids is 2. The quantitative estimate of drug-likeness (QED) is 0.474. The van der Waals surface area contributed by atoms with Gasteiger partial charge >= 0.3 is 0 Å². The van der Waals surface area contributed by atoms with Gasteiger partial charge in [-0.25, -0.2) is 0 Å². The smallest absolute Gasteiger partial charge is 0.270 e. The van der Waals surface area contributed by atoms with Crippen LogP contribution in [0.4, 0.5) is 11.4 Å². The standard InChI is InChI=1S/C23H30N6O3S/c1-5-25-21(31)18(13-24)23-29(8-4)22(32)19(33-23)14-26-16-10-9-11-17(12-16)27-20(30)15-28(6-2)7-3/h9-12,14,26H,5-8,15H2,1-4H3,(H,25,31)(H,27,30). The third kappa shape index (κ3) is 6.78. The molecule has 0 aliphatic carbocycles. The molecule has 0 unspecified atom stereocenters. The van der Waals surface area contributed by atoms with E-state index in [0.29, 0.717) is 40.2 Å². The summed E-state index contributed by atoms with van der Waals surface area (Å²) in [4.78, 5) is 39.3. The lowest BCUT2D eigenvalue weighted by atomic mass is 10.2. The number of hydrogen-bond acceptors (Lipinski definition) is 7. The van der Waals surface area contributed by atoms with Gasteiger partial charge in [-0.2, -0.15) is 5.26 Å². The van der Waals surface area contributed by atoms with Gasteiger partial charge in [-0.3, -0.25) is 23.9 Å². The average molecular weight is 471 g/mol. The molecule has 0 aliphatic heterocycles. The number of benzene rings is 1. The molecule has 10 heteroatoms. The van der Waals surface area contributed by atoms with Gasteiger partial charge in [-0.15, -0.1) is 11.3 Å². The van der Waals surface area contributed by atoms with Gasteiger partial charge in [0.15, 0.2) is 5.57 Å². The maximum Gasteiger partial charge on any atom is 0.270 e. The fourth-order valence-electron chi connectivity index (χ4n) is 3.12. The van der Waals surface area contributed by atoms with Crippen molar-refractivity contribution in [2.45, 2.75) is 34.2 Å². The monoisotopic (exact) mass is 470 g/mol. The highest BCUT2D eigenvalue weighted by Gasteiger charge is 2.14. The van der Waals surface area contributed by atoms with E-state index in [-0.39, 0.29) is 17.0 Å². The van der Waals surface area contributed by atoms with Crippen molar-refractivity contribution < 1.29 is 9.59 Å². The molecule has 2 rings (SSSR count). The number of rotatable bonds is 10. The average Bonchev–Trinajstić information content (AvgIpc) is 3.11. The molecule has 3 N–H and O–H groups in total. The minimum Gasteiger partial charge on any atom is -0.360 e. The van der Waals surface area contributed by atoms with Gasteiger partial charge in [0, 0.05) is 30.7 Å². The Labute approximate surface area is 197 Å². The highest BCUT2D eigenvalue weighted by Crippen LogP contribution is 2.15. The molecule has 9 nitrogen and oxygen atoms in total. The van der Waals surface area contributed by atoms with Crippen molar-refractivity contribution in [3.8, 4) is 6.07 Å². The third-order valence-corrected chi connectivity index (χ3v) is 6.02. The zero-order chi connectivity index (χ0) is 24.4. The van der Waals surface area contributed by atoms with Crippen LogP contribution < -0.4 is 30.7 Å². The fraction of sp³-hybridized carbons (Fsp3) is 0.391. The number of thiazole rings is 1. The molecule has 0 aliphatic rings. The first-order valence-corrected chi connectivity index (χ1v) is 11.7. The normalized spacial score (nSPS) is 12.3. The molecule has 1 aromatic heterocycles. The largest absolute Gasteiger partial charge is 0.360 e. The van der Waals surface area contributed by atoms with Crippen LogP contribution in [0.3, 0.4) is 0 Å². The predicted molar refractivity (Wildman–Crippen MR) is 132 cm³/mol. The topological polar surface area (TPSA) is 119 Å². The van der Waals surface area contributed by atoms with Crippen LogP contribution in [0.15, 0.2) is 29.1 Å². The van der Waals surface area contributed by atoms with Crippen LogP contribution in [0, 0.1) is 11.3 Å². The van der Waals surface area contributed by atoms with Crippen LogP contribution in [0.1, 0.15) is 27.7 Å². The van der Waals surface area contributed by atoms with Gasteiger partial charge in [0.05, 0.1) is 6.54 Å². The predicted octanol–water partition coefficient (Wildman–Crippen LogP) is 0.870. The molecular weight excluding hydrogens is 440 g/mol. The number of nitriles is 1. The first-order valence-electron chi connectivity index (χ1n) is 10.9. The molecule has 176 valence electrons. The summed E-state index contributed by atoms with van der Waals surface area (Å²) in [5.74, 6) is -0.602. The van der Waals surface area contributed by atoms with E-state index in [2.05, 4.69) is 16.0 Å².